The molecule has 0 saturated heterocycles. The lowest BCUT2D eigenvalue weighted by atomic mass is 10.2. The van der Waals surface area contributed by atoms with Crippen LogP contribution in [0.5, 0.6) is 0 Å². The molecule has 25 heavy (non-hydrogen) atoms. The highest BCUT2D eigenvalue weighted by molar-refractivity contribution is 7.89. The molecule has 0 radical (unpaired) electrons. The number of benzene rings is 2. The third-order valence-electron chi connectivity index (χ3n) is 3.52. The van der Waals surface area contributed by atoms with Gasteiger partial charge in [0.05, 0.1) is 11.1 Å². The van der Waals surface area contributed by atoms with Crippen LogP contribution >= 0.6 is 23.2 Å². The molecule has 0 aliphatic rings. The lowest BCUT2D eigenvalue weighted by molar-refractivity contribution is -0.131. The molecule has 1 N–H and O–H groups in total. The standard InChI is InChI=1S/C17H18Cl2N2O3S/c1-12(17(22)21(2)11-13-6-4-3-5-7-13)20-25(23,24)16-10-14(18)8-9-15(16)19/h3-10,12,20H,11H2,1-2H3. The molecule has 134 valence electrons. The maximum atomic E-state index is 12.5. The molecule has 0 aliphatic carbocycles. The zero-order valence-corrected chi connectivity index (χ0v) is 16.1. The first-order valence-electron chi connectivity index (χ1n) is 7.47. The quantitative estimate of drug-likeness (QED) is 0.808. The summed E-state index contributed by atoms with van der Waals surface area (Å²) < 4.78 is 27.3. The number of nitrogens with one attached hydrogen (secondary N) is 1. The summed E-state index contributed by atoms with van der Waals surface area (Å²) >= 11 is 11.8. The number of rotatable bonds is 6. The maximum Gasteiger partial charge on any atom is 0.242 e. The lowest BCUT2D eigenvalue weighted by Gasteiger charge is -2.22. The summed E-state index contributed by atoms with van der Waals surface area (Å²) in [6, 6.07) is 12.6. The minimum atomic E-state index is -3.98. The average molecular weight is 401 g/mol. The number of hydrogen-bond acceptors (Lipinski definition) is 3. The normalized spacial score (nSPS) is 12.6. The van der Waals surface area contributed by atoms with Gasteiger partial charge in [0.2, 0.25) is 15.9 Å². The van der Waals surface area contributed by atoms with Crippen LogP contribution < -0.4 is 4.72 Å². The fraction of sp³-hybridized carbons (Fsp3) is 0.235. The van der Waals surface area contributed by atoms with E-state index in [0.717, 1.165) is 5.56 Å². The second-order valence-electron chi connectivity index (χ2n) is 5.60. The first-order chi connectivity index (χ1) is 11.7. The Labute approximate surface area is 157 Å². The SMILES string of the molecule is CC(NS(=O)(=O)c1cc(Cl)ccc1Cl)C(=O)N(C)Cc1ccccc1. The largest absolute Gasteiger partial charge is 0.340 e. The van der Waals surface area contributed by atoms with Crippen LogP contribution in [-0.4, -0.2) is 32.3 Å². The van der Waals surface area contributed by atoms with E-state index in [1.165, 1.54) is 30.0 Å². The third-order valence-corrected chi connectivity index (χ3v) is 5.78. The highest BCUT2D eigenvalue weighted by Gasteiger charge is 2.26. The molecule has 0 aromatic heterocycles. The van der Waals surface area contributed by atoms with Crippen molar-refractivity contribution in [2.24, 2.45) is 0 Å². The molecule has 0 aliphatic heterocycles. The molecule has 0 fully saturated rings. The van der Waals surface area contributed by atoms with Crippen LogP contribution in [0.1, 0.15) is 12.5 Å². The van der Waals surface area contributed by atoms with Crippen LogP contribution in [0.15, 0.2) is 53.4 Å². The summed E-state index contributed by atoms with van der Waals surface area (Å²) in [5, 5.41) is 0.277. The smallest absolute Gasteiger partial charge is 0.242 e. The molecule has 5 nitrogen and oxygen atoms in total. The predicted octanol–water partition coefficient (Wildman–Crippen LogP) is 3.32. The number of sulfonamides is 1. The molecule has 0 heterocycles. The zero-order chi connectivity index (χ0) is 18.6. The minimum Gasteiger partial charge on any atom is -0.340 e. The van der Waals surface area contributed by atoms with Gasteiger partial charge >= 0.3 is 0 Å². The number of hydrogen-bond donors (Lipinski definition) is 1. The van der Waals surface area contributed by atoms with Crippen molar-refractivity contribution in [1.29, 1.82) is 0 Å². The Bertz CT molecular complexity index is 857. The summed E-state index contributed by atoms with van der Waals surface area (Å²) in [5.41, 5.74) is 0.950. The van der Waals surface area contributed by atoms with E-state index in [1.807, 2.05) is 30.3 Å². The van der Waals surface area contributed by atoms with Crippen LogP contribution in [-0.2, 0) is 21.4 Å². The third kappa shape index (κ3) is 5.19. The van der Waals surface area contributed by atoms with Gasteiger partial charge in [-0.3, -0.25) is 4.79 Å². The molecule has 0 bridgehead atoms. The highest BCUT2D eigenvalue weighted by atomic mass is 35.5. The lowest BCUT2D eigenvalue weighted by Crippen LogP contribution is -2.45. The molecule has 1 atom stereocenters. The van der Waals surface area contributed by atoms with Crippen molar-refractivity contribution < 1.29 is 13.2 Å². The van der Waals surface area contributed by atoms with E-state index in [2.05, 4.69) is 4.72 Å². The van der Waals surface area contributed by atoms with Crippen molar-refractivity contribution in [3.05, 3.63) is 64.1 Å². The van der Waals surface area contributed by atoms with Crippen LogP contribution in [0.4, 0.5) is 0 Å². The average Bonchev–Trinajstić information content (AvgIpc) is 2.56. The summed E-state index contributed by atoms with van der Waals surface area (Å²) in [7, 11) is -2.36. The fourth-order valence-electron chi connectivity index (χ4n) is 2.30. The number of halogens is 2. The van der Waals surface area contributed by atoms with Crippen LogP contribution in [0.2, 0.25) is 10.0 Å². The van der Waals surface area contributed by atoms with Crippen molar-refractivity contribution in [3.63, 3.8) is 0 Å². The van der Waals surface area contributed by atoms with Gasteiger partial charge in [-0.2, -0.15) is 4.72 Å². The van der Waals surface area contributed by atoms with Gasteiger partial charge in [0.1, 0.15) is 4.90 Å². The molecule has 0 saturated carbocycles. The summed E-state index contributed by atoms with van der Waals surface area (Å²) in [6.07, 6.45) is 0. The molecule has 0 spiro atoms. The molecular formula is C17H18Cl2N2O3S. The van der Waals surface area contributed by atoms with Gasteiger partial charge in [-0.25, -0.2) is 8.42 Å². The van der Waals surface area contributed by atoms with E-state index in [4.69, 9.17) is 23.2 Å². The Kier molecular flexibility index (Phi) is 6.46. The van der Waals surface area contributed by atoms with Crippen molar-refractivity contribution in [3.8, 4) is 0 Å². The van der Waals surface area contributed by atoms with Crippen molar-refractivity contribution in [2.75, 3.05) is 7.05 Å². The van der Waals surface area contributed by atoms with E-state index in [9.17, 15) is 13.2 Å². The summed E-state index contributed by atoms with van der Waals surface area (Å²) in [5.74, 6) is -0.356. The predicted molar refractivity (Wildman–Crippen MR) is 99.2 cm³/mol. The van der Waals surface area contributed by atoms with Gasteiger partial charge in [0.15, 0.2) is 0 Å². The fourth-order valence-corrected chi connectivity index (χ4v) is 4.25. The van der Waals surface area contributed by atoms with Gasteiger partial charge in [-0.15, -0.1) is 0 Å². The second-order valence-corrected chi connectivity index (χ2v) is 8.12. The summed E-state index contributed by atoms with van der Waals surface area (Å²) in [4.78, 5) is 13.7. The van der Waals surface area contributed by atoms with Gasteiger partial charge < -0.3 is 4.90 Å². The van der Waals surface area contributed by atoms with Crippen molar-refractivity contribution in [2.45, 2.75) is 24.4 Å². The molecule has 2 aromatic rings. The Morgan fingerprint density at radius 1 is 1.16 bits per heavy atom. The van der Waals surface area contributed by atoms with Gasteiger partial charge in [0.25, 0.3) is 0 Å². The number of amides is 1. The van der Waals surface area contributed by atoms with Crippen LogP contribution in [0, 0.1) is 0 Å². The molecule has 2 aromatic carbocycles. The van der Waals surface area contributed by atoms with Gasteiger partial charge in [-0.05, 0) is 30.7 Å². The number of likely N-dealkylation sites (N-methyl/N-ethyl adjacent to an activating group) is 1. The summed E-state index contributed by atoms with van der Waals surface area (Å²) in [6.45, 7) is 1.86. The van der Waals surface area contributed by atoms with E-state index in [1.54, 1.807) is 7.05 Å². The number of carbonyl (C=O) groups is 1. The Hall–Kier alpha value is -1.60. The molecule has 2 rings (SSSR count). The first-order valence-corrected chi connectivity index (χ1v) is 9.71. The number of nitrogens with zero attached hydrogens (tertiary/aromatic N) is 1. The topological polar surface area (TPSA) is 66.5 Å². The molecule has 8 heteroatoms. The van der Waals surface area contributed by atoms with Gasteiger partial charge in [0, 0.05) is 18.6 Å². The Morgan fingerprint density at radius 3 is 2.44 bits per heavy atom. The Morgan fingerprint density at radius 2 is 1.80 bits per heavy atom. The molecule has 1 amide bonds. The minimum absolute atomic E-state index is 0.0363. The maximum absolute atomic E-state index is 12.5. The van der Waals surface area contributed by atoms with Crippen LogP contribution in [0.25, 0.3) is 0 Å². The zero-order valence-electron chi connectivity index (χ0n) is 13.7. The van der Waals surface area contributed by atoms with E-state index < -0.39 is 16.1 Å². The molecule has 1 unspecified atom stereocenters. The first kappa shape index (κ1) is 19.7. The van der Waals surface area contributed by atoms with E-state index in [0.29, 0.717) is 6.54 Å². The van der Waals surface area contributed by atoms with E-state index in [-0.39, 0.29) is 20.8 Å². The highest BCUT2D eigenvalue weighted by Crippen LogP contribution is 2.25. The Balaban J connectivity index is 2.10. The second kappa shape index (κ2) is 8.19. The van der Waals surface area contributed by atoms with Crippen LogP contribution in [0.3, 0.4) is 0 Å². The van der Waals surface area contributed by atoms with Crippen molar-refractivity contribution in [1.82, 2.24) is 9.62 Å². The number of carbonyl (C=O) groups excluding carboxylic acids is 1. The van der Waals surface area contributed by atoms with Gasteiger partial charge in [-0.1, -0.05) is 53.5 Å². The monoisotopic (exact) mass is 400 g/mol. The molecular weight excluding hydrogens is 383 g/mol. The van der Waals surface area contributed by atoms with E-state index >= 15 is 0 Å². The van der Waals surface area contributed by atoms with Crippen molar-refractivity contribution >= 4 is 39.1 Å².